The van der Waals surface area contributed by atoms with Gasteiger partial charge in [0.15, 0.2) is 5.43 Å². The summed E-state index contributed by atoms with van der Waals surface area (Å²) in [5.74, 6) is 1.15. The maximum atomic E-state index is 12.6. The summed E-state index contributed by atoms with van der Waals surface area (Å²) in [6, 6.07) is 12.5. The van der Waals surface area contributed by atoms with Gasteiger partial charge < -0.3 is 9.15 Å². The average Bonchev–Trinajstić information content (AvgIpc) is 2.57. The van der Waals surface area contributed by atoms with Crippen molar-refractivity contribution in [3.05, 3.63) is 75.9 Å². The largest absolute Gasteiger partial charge is 0.489 e. The molecule has 0 N–H and O–H groups in total. The van der Waals surface area contributed by atoms with Crippen LogP contribution in [0.2, 0.25) is 5.02 Å². The van der Waals surface area contributed by atoms with Gasteiger partial charge in [0.2, 0.25) is 0 Å². The highest BCUT2D eigenvalue weighted by molar-refractivity contribution is 6.31. The number of ether oxygens (including phenoxy) is 1. The molecule has 3 nitrogen and oxygen atoms in total. The van der Waals surface area contributed by atoms with Crippen LogP contribution in [0.25, 0.3) is 22.3 Å². The summed E-state index contributed by atoms with van der Waals surface area (Å²) in [5, 5.41) is 0.981. The zero-order valence-electron chi connectivity index (χ0n) is 12.6. The van der Waals surface area contributed by atoms with E-state index in [9.17, 15) is 4.79 Å². The maximum absolute atomic E-state index is 12.6. The first-order chi connectivity index (χ1) is 11.1. The Kier molecular flexibility index (Phi) is 4.22. The lowest BCUT2D eigenvalue weighted by molar-refractivity contribution is 0.363. The summed E-state index contributed by atoms with van der Waals surface area (Å²) in [6.07, 6.45) is 1.67. The Hall–Kier alpha value is -2.52. The molecule has 3 rings (SSSR count). The van der Waals surface area contributed by atoms with Crippen LogP contribution in [0.5, 0.6) is 5.75 Å². The van der Waals surface area contributed by atoms with Gasteiger partial charge in [-0.1, -0.05) is 36.4 Å². The average molecular weight is 327 g/mol. The Balaban J connectivity index is 2.25. The third-order valence-electron chi connectivity index (χ3n) is 3.57. The highest BCUT2D eigenvalue weighted by atomic mass is 35.5. The van der Waals surface area contributed by atoms with Gasteiger partial charge in [-0.2, -0.15) is 0 Å². The number of hydrogen-bond acceptors (Lipinski definition) is 3. The van der Waals surface area contributed by atoms with E-state index in [1.807, 2.05) is 24.3 Å². The summed E-state index contributed by atoms with van der Waals surface area (Å²) < 4.78 is 11.6. The minimum absolute atomic E-state index is 0.0951. The van der Waals surface area contributed by atoms with Crippen LogP contribution in [0.15, 0.2) is 64.3 Å². The molecule has 4 heteroatoms. The Morgan fingerprint density at radius 2 is 2.04 bits per heavy atom. The standard InChI is InChI=1S/C19H15ClO3/c1-3-10-22-16-7-5-4-6-14(16)19-12(2)18(21)15-11-13(20)8-9-17(15)23-19/h3-9,11H,1,10H2,2H3. The van der Waals surface area contributed by atoms with Crippen LogP contribution < -0.4 is 10.2 Å². The molecule has 0 saturated heterocycles. The van der Waals surface area contributed by atoms with Crippen molar-refractivity contribution in [2.45, 2.75) is 6.92 Å². The van der Waals surface area contributed by atoms with Crippen molar-refractivity contribution >= 4 is 22.6 Å². The number of benzene rings is 2. The maximum Gasteiger partial charge on any atom is 0.196 e. The number of hydrogen-bond donors (Lipinski definition) is 0. The number of para-hydroxylation sites is 1. The molecule has 0 radical (unpaired) electrons. The second-order valence-electron chi connectivity index (χ2n) is 5.12. The molecule has 0 bridgehead atoms. The molecule has 2 aromatic carbocycles. The highest BCUT2D eigenvalue weighted by Crippen LogP contribution is 2.33. The molecule has 23 heavy (non-hydrogen) atoms. The smallest absolute Gasteiger partial charge is 0.196 e. The molecule has 0 aliphatic heterocycles. The van der Waals surface area contributed by atoms with E-state index in [4.69, 9.17) is 20.8 Å². The van der Waals surface area contributed by atoms with E-state index >= 15 is 0 Å². The molecule has 0 amide bonds. The highest BCUT2D eigenvalue weighted by Gasteiger charge is 2.16. The molecule has 1 aromatic heterocycles. The number of fused-ring (bicyclic) bond motifs is 1. The lowest BCUT2D eigenvalue weighted by atomic mass is 10.0. The normalized spacial score (nSPS) is 10.7. The summed E-state index contributed by atoms with van der Waals surface area (Å²) >= 11 is 5.97. The van der Waals surface area contributed by atoms with Crippen LogP contribution in [0.4, 0.5) is 0 Å². The molecule has 0 spiro atoms. The van der Waals surface area contributed by atoms with Gasteiger partial charge in [0.25, 0.3) is 0 Å². The summed E-state index contributed by atoms with van der Waals surface area (Å²) in [4.78, 5) is 12.6. The van der Waals surface area contributed by atoms with Gasteiger partial charge in [-0.05, 0) is 37.3 Å². The topological polar surface area (TPSA) is 39.4 Å². The Labute approximate surface area is 138 Å². The lowest BCUT2D eigenvalue weighted by Gasteiger charge is -2.12. The summed E-state index contributed by atoms with van der Waals surface area (Å²) in [5.41, 5.74) is 1.66. The SMILES string of the molecule is C=CCOc1ccccc1-c1oc2ccc(Cl)cc2c(=O)c1C. The predicted octanol–water partition coefficient (Wildman–Crippen LogP) is 4.99. The first-order valence-corrected chi connectivity index (χ1v) is 7.55. The van der Waals surface area contributed by atoms with Crippen molar-refractivity contribution in [2.24, 2.45) is 0 Å². The molecule has 0 unspecified atom stereocenters. The Bertz CT molecular complexity index is 941. The zero-order valence-corrected chi connectivity index (χ0v) is 13.4. The van der Waals surface area contributed by atoms with Crippen molar-refractivity contribution in [3.63, 3.8) is 0 Å². The van der Waals surface area contributed by atoms with Crippen molar-refractivity contribution in [1.82, 2.24) is 0 Å². The fourth-order valence-corrected chi connectivity index (χ4v) is 2.62. The molecule has 0 atom stereocenters. The second-order valence-corrected chi connectivity index (χ2v) is 5.56. The molecular weight excluding hydrogens is 312 g/mol. The quantitative estimate of drug-likeness (QED) is 0.634. The van der Waals surface area contributed by atoms with Gasteiger partial charge >= 0.3 is 0 Å². The van der Waals surface area contributed by atoms with E-state index in [-0.39, 0.29) is 5.43 Å². The van der Waals surface area contributed by atoms with Crippen LogP contribution in [0, 0.1) is 6.92 Å². The second kappa shape index (κ2) is 6.31. The van der Waals surface area contributed by atoms with Crippen molar-refractivity contribution in [1.29, 1.82) is 0 Å². The summed E-state index contributed by atoms with van der Waals surface area (Å²) in [7, 11) is 0. The van der Waals surface area contributed by atoms with E-state index in [0.717, 1.165) is 5.56 Å². The van der Waals surface area contributed by atoms with Gasteiger partial charge in [0, 0.05) is 10.6 Å². The van der Waals surface area contributed by atoms with E-state index in [0.29, 0.717) is 39.7 Å². The van der Waals surface area contributed by atoms with Gasteiger partial charge in [-0.3, -0.25) is 4.79 Å². The molecule has 0 aliphatic rings. The van der Waals surface area contributed by atoms with Crippen molar-refractivity contribution in [2.75, 3.05) is 6.61 Å². The molecule has 116 valence electrons. The van der Waals surface area contributed by atoms with Crippen LogP contribution in [-0.2, 0) is 0 Å². The fraction of sp³-hybridized carbons (Fsp3) is 0.105. The zero-order chi connectivity index (χ0) is 16.4. The minimum Gasteiger partial charge on any atom is -0.489 e. The van der Waals surface area contributed by atoms with E-state index < -0.39 is 0 Å². The van der Waals surface area contributed by atoms with Crippen molar-refractivity contribution < 1.29 is 9.15 Å². The van der Waals surface area contributed by atoms with Gasteiger partial charge in [-0.25, -0.2) is 0 Å². The van der Waals surface area contributed by atoms with Gasteiger partial charge in [-0.15, -0.1) is 0 Å². The molecule has 0 saturated carbocycles. The van der Waals surface area contributed by atoms with Crippen LogP contribution in [0.3, 0.4) is 0 Å². The Morgan fingerprint density at radius 3 is 2.83 bits per heavy atom. The third-order valence-corrected chi connectivity index (χ3v) is 3.80. The predicted molar refractivity (Wildman–Crippen MR) is 93.4 cm³/mol. The van der Waals surface area contributed by atoms with Gasteiger partial charge in [0.05, 0.1) is 10.9 Å². The lowest BCUT2D eigenvalue weighted by Crippen LogP contribution is -2.07. The molecular formula is C19H15ClO3. The number of rotatable bonds is 4. The molecule has 0 fully saturated rings. The molecule has 0 aliphatic carbocycles. The monoisotopic (exact) mass is 326 g/mol. The van der Waals surface area contributed by atoms with Crippen LogP contribution in [0.1, 0.15) is 5.56 Å². The first-order valence-electron chi connectivity index (χ1n) is 7.18. The minimum atomic E-state index is -0.0951. The van der Waals surface area contributed by atoms with Gasteiger partial charge in [0.1, 0.15) is 23.7 Å². The first kappa shape index (κ1) is 15.4. The summed E-state index contributed by atoms with van der Waals surface area (Å²) in [6.45, 7) is 5.77. The van der Waals surface area contributed by atoms with E-state index in [1.54, 1.807) is 31.2 Å². The number of halogens is 1. The third kappa shape index (κ3) is 2.88. The van der Waals surface area contributed by atoms with Crippen LogP contribution in [-0.4, -0.2) is 6.61 Å². The fourth-order valence-electron chi connectivity index (χ4n) is 2.45. The van der Waals surface area contributed by atoms with E-state index in [2.05, 4.69) is 6.58 Å². The van der Waals surface area contributed by atoms with E-state index in [1.165, 1.54) is 0 Å². The van der Waals surface area contributed by atoms with Crippen LogP contribution >= 0.6 is 11.6 Å². The van der Waals surface area contributed by atoms with Crippen molar-refractivity contribution in [3.8, 4) is 17.1 Å². The Morgan fingerprint density at radius 1 is 1.26 bits per heavy atom. The molecule has 3 aromatic rings. The molecule has 1 heterocycles.